The van der Waals surface area contributed by atoms with E-state index in [4.69, 9.17) is 4.74 Å². The first-order valence-electron chi connectivity index (χ1n) is 5.13. The average molecular weight is 196 g/mol. The second-order valence-corrected chi connectivity index (χ2v) is 5.01. The van der Waals surface area contributed by atoms with Gasteiger partial charge in [0.15, 0.2) is 11.4 Å². The van der Waals surface area contributed by atoms with Gasteiger partial charge in [-0.15, -0.1) is 0 Å². The zero-order chi connectivity index (χ0) is 10.6. The molecule has 0 aromatic heterocycles. The van der Waals surface area contributed by atoms with Gasteiger partial charge < -0.3 is 4.74 Å². The van der Waals surface area contributed by atoms with E-state index in [0.717, 1.165) is 6.42 Å². The summed E-state index contributed by atoms with van der Waals surface area (Å²) in [4.78, 5) is 22.9. The van der Waals surface area contributed by atoms with Crippen molar-refractivity contribution in [3.63, 3.8) is 0 Å². The lowest BCUT2D eigenvalue weighted by Crippen LogP contribution is -2.47. The van der Waals surface area contributed by atoms with Gasteiger partial charge in [0.25, 0.3) is 0 Å². The first kappa shape index (κ1) is 9.69. The fraction of sp³-hybridized carbons (Fsp3) is 0.818. The largest absolute Gasteiger partial charge is 0.451 e. The van der Waals surface area contributed by atoms with E-state index in [2.05, 4.69) is 0 Å². The summed E-state index contributed by atoms with van der Waals surface area (Å²) >= 11 is 0. The second kappa shape index (κ2) is 2.59. The zero-order valence-electron chi connectivity index (χ0n) is 8.92. The molecule has 2 aliphatic carbocycles. The molecule has 0 aromatic rings. The van der Waals surface area contributed by atoms with E-state index >= 15 is 0 Å². The number of Topliss-reactive ketones (excluding diaryl/α,β-unsaturated/α-hetero) is 1. The minimum absolute atomic E-state index is 0.119. The van der Waals surface area contributed by atoms with Crippen LogP contribution in [-0.4, -0.2) is 17.4 Å². The Kier molecular flexibility index (Phi) is 1.79. The van der Waals surface area contributed by atoms with Gasteiger partial charge in [-0.2, -0.15) is 0 Å². The number of ether oxygens (including phenoxy) is 1. The van der Waals surface area contributed by atoms with Gasteiger partial charge in [0, 0.05) is 18.8 Å². The van der Waals surface area contributed by atoms with E-state index in [-0.39, 0.29) is 17.2 Å². The predicted octanol–water partition coefficient (Wildman–Crippen LogP) is 1.70. The normalized spacial score (nSPS) is 38.8. The molecule has 2 atom stereocenters. The highest BCUT2D eigenvalue weighted by molar-refractivity contribution is 5.94. The van der Waals surface area contributed by atoms with Crippen LogP contribution in [-0.2, 0) is 14.3 Å². The standard InChI is InChI=1S/C11H16O3/c1-7(12)14-11-5-4-8(6-9(11)13)10(11,2)3/h8H,4-6H2,1-3H3/t8-,11-/m0/s1. The number of rotatable bonds is 1. The van der Waals surface area contributed by atoms with Gasteiger partial charge in [0.2, 0.25) is 0 Å². The maximum atomic E-state index is 11.8. The van der Waals surface area contributed by atoms with Gasteiger partial charge in [-0.05, 0) is 18.8 Å². The van der Waals surface area contributed by atoms with Crippen LogP contribution in [0.25, 0.3) is 0 Å². The van der Waals surface area contributed by atoms with E-state index in [1.165, 1.54) is 6.92 Å². The molecule has 2 fully saturated rings. The molecule has 0 unspecified atom stereocenters. The third kappa shape index (κ3) is 0.928. The molecule has 0 radical (unpaired) electrons. The highest BCUT2D eigenvalue weighted by Gasteiger charge is 2.66. The van der Waals surface area contributed by atoms with Gasteiger partial charge in [0.05, 0.1) is 0 Å². The SMILES string of the molecule is CC(=O)O[C@@]12CC[C@@H](CC1=O)C2(C)C. The lowest BCUT2D eigenvalue weighted by atomic mass is 9.78. The fourth-order valence-electron chi connectivity index (χ4n) is 3.12. The van der Waals surface area contributed by atoms with Gasteiger partial charge in [-0.25, -0.2) is 0 Å². The van der Waals surface area contributed by atoms with Crippen LogP contribution >= 0.6 is 0 Å². The van der Waals surface area contributed by atoms with Crippen molar-refractivity contribution in [2.24, 2.45) is 11.3 Å². The van der Waals surface area contributed by atoms with Crippen LogP contribution in [0.4, 0.5) is 0 Å². The van der Waals surface area contributed by atoms with Crippen LogP contribution in [0.5, 0.6) is 0 Å². The zero-order valence-corrected chi connectivity index (χ0v) is 8.92. The molecule has 14 heavy (non-hydrogen) atoms. The van der Waals surface area contributed by atoms with Crippen molar-refractivity contribution in [1.82, 2.24) is 0 Å². The molecule has 2 bridgehead atoms. The minimum Gasteiger partial charge on any atom is -0.451 e. The van der Waals surface area contributed by atoms with Gasteiger partial charge in [-0.1, -0.05) is 13.8 Å². The lowest BCUT2D eigenvalue weighted by Gasteiger charge is -2.35. The molecular formula is C11H16O3. The Morgan fingerprint density at radius 1 is 1.50 bits per heavy atom. The van der Waals surface area contributed by atoms with Crippen molar-refractivity contribution >= 4 is 11.8 Å². The van der Waals surface area contributed by atoms with E-state index in [1.807, 2.05) is 13.8 Å². The third-order valence-corrected chi connectivity index (χ3v) is 4.11. The predicted molar refractivity (Wildman–Crippen MR) is 50.6 cm³/mol. The summed E-state index contributed by atoms with van der Waals surface area (Å²) in [6.45, 7) is 5.46. The van der Waals surface area contributed by atoms with Crippen LogP contribution in [0.2, 0.25) is 0 Å². The molecule has 2 rings (SSSR count). The third-order valence-electron chi connectivity index (χ3n) is 4.11. The number of carbonyl (C=O) groups is 2. The van der Waals surface area contributed by atoms with Gasteiger partial charge in [-0.3, -0.25) is 9.59 Å². The maximum absolute atomic E-state index is 11.8. The molecule has 0 amide bonds. The summed E-state index contributed by atoms with van der Waals surface area (Å²) in [7, 11) is 0. The smallest absolute Gasteiger partial charge is 0.303 e. The monoisotopic (exact) mass is 196 g/mol. The Hall–Kier alpha value is -0.860. The molecule has 2 aliphatic rings. The van der Waals surface area contributed by atoms with Crippen molar-refractivity contribution in [2.45, 2.75) is 45.6 Å². The number of ketones is 1. The van der Waals surface area contributed by atoms with Crippen LogP contribution in [0, 0.1) is 11.3 Å². The quantitative estimate of drug-likeness (QED) is 0.599. The number of esters is 1. The van der Waals surface area contributed by atoms with Crippen LogP contribution in [0.1, 0.15) is 40.0 Å². The Morgan fingerprint density at radius 3 is 2.50 bits per heavy atom. The van der Waals surface area contributed by atoms with Gasteiger partial charge >= 0.3 is 5.97 Å². The lowest BCUT2D eigenvalue weighted by molar-refractivity contribution is -0.172. The summed E-state index contributed by atoms with van der Waals surface area (Å²) in [6.07, 6.45) is 2.30. The fourth-order valence-corrected chi connectivity index (χ4v) is 3.12. The Morgan fingerprint density at radius 2 is 2.14 bits per heavy atom. The minimum atomic E-state index is -0.802. The first-order valence-corrected chi connectivity index (χ1v) is 5.13. The summed E-state index contributed by atoms with van der Waals surface area (Å²) in [6, 6.07) is 0. The summed E-state index contributed by atoms with van der Waals surface area (Å²) in [5.74, 6) is 0.178. The van der Waals surface area contributed by atoms with Crippen molar-refractivity contribution in [1.29, 1.82) is 0 Å². The molecule has 3 nitrogen and oxygen atoms in total. The molecule has 0 saturated heterocycles. The molecular weight excluding hydrogens is 180 g/mol. The molecule has 0 heterocycles. The van der Waals surface area contributed by atoms with Crippen molar-refractivity contribution < 1.29 is 14.3 Å². The Balaban J connectivity index is 2.39. The molecule has 78 valence electrons. The molecule has 0 aliphatic heterocycles. The number of hydrogen-bond donors (Lipinski definition) is 0. The Labute approximate surface area is 83.8 Å². The van der Waals surface area contributed by atoms with Crippen molar-refractivity contribution in [3.05, 3.63) is 0 Å². The topological polar surface area (TPSA) is 43.4 Å². The van der Waals surface area contributed by atoms with Crippen LogP contribution in [0.3, 0.4) is 0 Å². The van der Waals surface area contributed by atoms with E-state index in [0.29, 0.717) is 18.8 Å². The average Bonchev–Trinajstić information content (AvgIpc) is 2.36. The number of carbonyl (C=O) groups excluding carboxylic acids is 2. The maximum Gasteiger partial charge on any atom is 0.303 e. The van der Waals surface area contributed by atoms with E-state index in [1.54, 1.807) is 0 Å². The van der Waals surface area contributed by atoms with Crippen molar-refractivity contribution in [2.75, 3.05) is 0 Å². The highest BCUT2D eigenvalue weighted by atomic mass is 16.6. The highest BCUT2D eigenvalue weighted by Crippen LogP contribution is 2.60. The molecule has 2 saturated carbocycles. The number of hydrogen-bond acceptors (Lipinski definition) is 3. The summed E-state index contributed by atoms with van der Waals surface area (Å²) < 4.78 is 5.33. The molecule has 3 heteroatoms. The Bertz CT molecular complexity index is 306. The van der Waals surface area contributed by atoms with Gasteiger partial charge in [0.1, 0.15) is 0 Å². The second-order valence-electron chi connectivity index (χ2n) is 5.01. The molecule has 0 aromatic carbocycles. The summed E-state index contributed by atoms with van der Waals surface area (Å²) in [5.41, 5.74) is -0.973. The van der Waals surface area contributed by atoms with E-state index < -0.39 is 5.60 Å². The summed E-state index contributed by atoms with van der Waals surface area (Å²) in [5, 5.41) is 0. The van der Waals surface area contributed by atoms with Crippen molar-refractivity contribution in [3.8, 4) is 0 Å². The molecule has 0 spiro atoms. The van der Waals surface area contributed by atoms with E-state index in [9.17, 15) is 9.59 Å². The van der Waals surface area contributed by atoms with Crippen LogP contribution in [0.15, 0.2) is 0 Å². The molecule has 0 N–H and O–H groups in total. The number of fused-ring (bicyclic) bond motifs is 2. The van der Waals surface area contributed by atoms with Crippen LogP contribution < -0.4 is 0 Å². The first-order chi connectivity index (χ1) is 6.40.